The number of nitrogens with one attached hydrogen (secondary N) is 1. The van der Waals surface area contributed by atoms with Crippen molar-refractivity contribution >= 4 is 39.1 Å². The van der Waals surface area contributed by atoms with Gasteiger partial charge in [0, 0.05) is 17.1 Å². The third kappa shape index (κ3) is 8.25. The SMILES string of the molecule is CC[C@@H](C(=O)NC(C)(C)C)N(Cc1ccccc1Cl)C(=O)CN(c1cc(C)cc(C)c1)S(C)(=O)=O. The lowest BCUT2D eigenvalue weighted by Crippen LogP contribution is -2.55. The van der Waals surface area contributed by atoms with E-state index in [-0.39, 0.29) is 12.5 Å². The van der Waals surface area contributed by atoms with E-state index in [4.69, 9.17) is 11.6 Å². The highest BCUT2D eigenvalue weighted by Crippen LogP contribution is 2.24. The molecule has 0 aromatic heterocycles. The highest BCUT2D eigenvalue weighted by Gasteiger charge is 2.33. The largest absolute Gasteiger partial charge is 0.350 e. The fourth-order valence-corrected chi connectivity index (χ4v) is 4.92. The van der Waals surface area contributed by atoms with Gasteiger partial charge in [0.1, 0.15) is 12.6 Å². The number of hydrogen-bond donors (Lipinski definition) is 1. The number of sulfonamides is 1. The summed E-state index contributed by atoms with van der Waals surface area (Å²) in [6.45, 7) is 10.8. The van der Waals surface area contributed by atoms with Crippen molar-refractivity contribution in [2.45, 2.75) is 66.1 Å². The number of hydrogen-bond acceptors (Lipinski definition) is 4. The minimum Gasteiger partial charge on any atom is -0.350 e. The molecule has 0 fully saturated rings. The molecular weight excluding hydrogens is 486 g/mol. The van der Waals surface area contributed by atoms with Crippen molar-refractivity contribution in [1.82, 2.24) is 10.2 Å². The number of anilines is 1. The van der Waals surface area contributed by atoms with Gasteiger partial charge in [-0.1, -0.05) is 42.8 Å². The molecule has 0 spiro atoms. The van der Waals surface area contributed by atoms with E-state index in [9.17, 15) is 18.0 Å². The van der Waals surface area contributed by atoms with Gasteiger partial charge < -0.3 is 10.2 Å². The van der Waals surface area contributed by atoms with Gasteiger partial charge in [-0.2, -0.15) is 0 Å². The summed E-state index contributed by atoms with van der Waals surface area (Å²) < 4.78 is 26.6. The van der Waals surface area contributed by atoms with Crippen LogP contribution in [0, 0.1) is 13.8 Å². The summed E-state index contributed by atoms with van der Waals surface area (Å²) in [5.41, 5.74) is 2.33. The van der Waals surface area contributed by atoms with Crippen LogP contribution in [0.5, 0.6) is 0 Å². The molecule has 0 unspecified atom stereocenters. The number of carbonyl (C=O) groups excluding carboxylic acids is 2. The molecule has 2 aromatic carbocycles. The molecule has 0 heterocycles. The molecule has 0 aliphatic rings. The van der Waals surface area contributed by atoms with Gasteiger partial charge in [0.2, 0.25) is 21.8 Å². The van der Waals surface area contributed by atoms with E-state index < -0.39 is 34.1 Å². The molecule has 0 bridgehead atoms. The number of amides is 2. The first kappa shape index (κ1) is 28.7. The summed E-state index contributed by atoms with van der Waals surface area (Å²) in [7, 11) is -3.78. The lowest BCUT2D eigenvalue weighted by Gasteiger charge is -2.34. The molecule has 0 radical (unpaired) electrons. The lowest BCUT2D eigenvalue weighted by atomic mass is 10.1. The monoisotopic (exact) mass is 521 g/mol. The molecule has 2 amide bonds. The van der Waals surface area contributed by atoms with E-state index in [1.54, 1.807) is 36.4 Å². The minimum absolute atomic E-state index is 0.0685. The zero-order valence-corrected chi connectivity index (χ0v) is 23.1. The van der Waals surface area contributed by atoms with Gasteiger partial charge in [-0.15, -0.1) is 0 Å². The molecule has 1 atom stereocenters. The summed E-state index contributed by atoms with van der Waals surface area (Å²) in [5.74, 6) is -0.803. The Bertz CT molecular complexity index is 1160. The number of halogens is 1. The van der Waals surface area contributed by atoms with Crippen molar-refractivity contribution in [1.29, 1.82) is 0 Å². The molecule has 0 aliphatic heterocycles. The van der Waals surface area contributed by atoms with Crippen LogP contribution in [0.15, 0.2) is 42.5 Å². The van der Waals surface area contributed by atoms with Gasteiger partial charge >= 0.3 is 0 Å². The lowest BCUT2D eigenvalue weighted by molar-refractivity contribution is -0.141. The molecule has 192 valence electrons. The van der Waals surface area contributed by atoms with Crippen LogP contribution in [0.2, 0.25) is 5.02 Å². The van der Waals surface area contributed by atoms with Crippen LogP contribution in [0.4, 0.5) is 5.69 Å². The Balaban J connectivity index is 2.51. The van der Waals surface area contributed by atoms with Crippen molar-refractivity contribution in [3.05, 3.63) is 64.2 Å². The van der Waals surface area contributed by atoms with Crippen molar-refractivity contribution in [3.63, 3.8) is 0 Å². The minimum atomic E-state index is -3.78. The number of aryl methyl sites for hydroxylation is 2. The molecule has 2 aromatic rings. The van der Waals surface area contributed by atoms with E-state index in [1.165, 1.54) is 4.90 Å². The van der Waals surface area contributed by atoms with Crippen molar-refractivity contribution in [2.24, 2.45) is 0 Å². The first-order valence-electron chi connectivity index (χ1n) is 11.5. The van der Waals surface area contributed by atoms with Crippen molar-refractivity contribution in [3.8, 4) is 0 Å². The maximum atomic E-state index is 13.7. The van der Waals surface area contributed by atoms with Gasteiger partial charge in [0.25, 0.3) is 0 Å². The summed E-state index contributed by atoms with van der Waals surface area (Å²) >= 11 is 6.37. The van der Waals surface area contributed by atoms with E-state index >= 15 is 0 Å². The average Bonchev–Trinajstić information content (AvgIpc) is 2.70. The van der Waals surface area contributed by atoms with Crippen LogP contribution in [-0.4, -0.2) is 49.5 Å². The third-order valence-corrected chi connectivity index (χ3v) is 6.87. The second-order valence-corrected chi connectivity index (χ2v) is 12.2. The number of carbonyl (C=O) groups is 2. The fourth-order valence-electron chi connectivity index (χ4n) is 3.89. The Labute approximate surface area is 214 Å². The van der Waals surface area contributed by atoms with Crippen LogP contribution in [0.1, 0.15) is 50.8 Å². The van der Waals surface area contributed by atoms with E-state index in [0.717, 1.165) is 21.7 Å². The standard InChI is InChI=1S/C26H36ClN3O4S/c1-8-23(25(32)28-26(4,5)6)29(16-20-11-9-10-12-22(20)27)24(31)17-30(35(7,33)34)21-14-18(2)13-19(3)15-21/h9-15,23H,8,16-17H2,1-7H3,(H,28,32)/t23-/m0/s1. The Morgan fingerprint density at radius 1 is 1.06 bits per heavy atom. The van der Waals surface area contributed by atoms with Gasteiger partial charge in [0.15, 0.2) is 0 Å². The fraction of sp³-hybridized carbons (Fsp3) is 0.462. The predicted molar refractivity (Wildman–Crippen MR) is 142 cm³/mol. The maximum Gasteiger partial charge on any atom is 0.244 e. The Hall–Kier alpha value is -2.58. The van der Waals surface area contributed by atoms with Crippen LogP contribution in [0.25, 0.3) is 0 Å². The molecule has 0 saturated heterocycles. The molecule has 0 saturated carbocycles. The van der Waals surface area contributed by atoms with Crippen molar-refractivity contribution in [2.75, 3.05) is 17.1 Å². The molecular formula is C26H36ClN3O4S. The van der Waals surface area contributed by atoms with Gasteiger partial charge in [-0.3, -0.25) is 13.9 Å². The van der Waals surface area contributed by atoms with Gasteiger partial charge in [-0.25, -0.2) is 8.42 Å². The van der Waals surface area contributed by atoms with Crippen LogP contribution < -0.4 is 9.62 Å². The summed E-state index contributed by atoms with van der Waals surface area (Å²) in [6.07, 6.45) is 1.42. The van der Waals surface area contributed by atoms with Gasteiger partial charge in [-0.05, 0) is 75.9 Å². The van der Waals surface area contributed by atoms with Gasteiger partial charge in [0.05, 0.1) is 11.9 Å². The zero-order valence-electron chi connectivity index (χ0n) is 21.6. The van der Waals surface area contributed by atoms with E-state index in [2.05, 4.69) is 5.32 Å². The van der Waals surface area contributed by atoms with E-state index in [1.807, 2.05) is 47.6 Å². The number of rotatable bonds is 9. The maximum absolute atomic E-state index is 13.7. The van der Waals surface area contributed by atoms with Crippen LogP contribution in [-0.2, 0) is 26.2 Å². The molecule has 2 rings (SSSR count). The quantitative estimate of drug-likeness (QED) is 0.528. The van der Waals surface area contributed by atoms with Crippen molar-refractivity contribution < 1.29 is 18.0 Å². The van der Waals surface area contributed by atoms with Crippen LogP contribution in [0.3, 0.4) is 0 Å². The average molecular weight is 522 g/mol. The molecule has 1 N–H and O–H groups in total. The molecule has 9 heteroatoms. The number of nitrogens with zero attached hydrogens (tertiary/aromatic N) is 2. The number of benzene rings is 2. The predicted octanol–water partition coefficient (Wildman–Crippen LogP) is 4.44. The second-order valence-electron chi connectivity index (χ2n) is 9.89. The zero-order chi connectivity index (χ0) is 26.6. The molecule has 7 nitrogen and oxygen atoms in total. The topological polar surface area (TPSA) is 86.8 Å². The summed E-state index contributed by atoms with van der Waals surface area (Å²) in [4.78, 5) is 28.3. The Morgan fingerprint density at radius 2 is 1.63 bits per heavy atom. The first-order chi connectivity index (χ1) is 16.1. The highest BCUT2D eigenvalue weighted by atomic mass is 35.5. The Kier molecular flexibility index (Phi) is 9.36. The molecule has 35 heavy (non-hydrogen) atoms. The molecule has 0 aliphatic carbocycles. The second kappa shape index (κ2) is 11.4. The smallest absolute Gasteiger partial charge is 0.244 e. The normalized spacial score (nSPS) is 12.7. The third-order valence-electron chi connectivity index (χ3n) is 5.36. The first-order valence-corrected chi connectivity index (χ1v) is 13.8. The Morgan fingerprint density at radius 3 is 2.11 bits per heavy atom. The van der Waals surface area contributed by atoms with E-state index in [0.29, 0.717) is 22.7 Å². The summed E-state index contributed by atoms with van der Waals surface area (Å²) in [5, 5.41) is 3.40. The highest BCUT2D eigenvalue weighted by molar-refractivity contribution is 7.92. The summed E-state index contributed by atoms with van der Waals surface area (Å²) in [6, 6.07) is 11.7. The van der Waals surface area contributed by atoms with Crippen LogP contribution >= 0.6 is 11.6 Å².